The molecule has 0 aliphatic rings. The van der Waals surface area contributed by atoms with Crippen LogP contribution in [-0.4, -0.2) is 15.0 Å². The Labute approximate surface area is 130 Å². The molecule has 0 aliphatic heterocycles. The van der Waals surface area contributed by atoms with Gasteiger partial charge in [-0.2, -0.15) is 0 Å². The number of nitrogens with zero attached hydrogens (tertiary/aromatic N) is 3. The number of nitrogens with two attached hydrogens (primary N) is 1. The van der Waals surface area contributed by atoms with E-state index in [9.17, 15) is 0 Å². The van der Waals surface area contributed by atoms with Crippen LogP contribution in [-0.2, 0) is 6.54 Å². The molecule has 0 bridgehead atoms. The SMILES string of the molecule is CC(C)c1ccc(-n2nnc(CN)c2-c2ccccc2)cc1. The van der Waals surface area contributed by atoms with Crippen molar-refractivity contribution < 1.29 is 0 Å². The van der Waals surface area contributed by atoms with Crippen LogP contribution < -0.4 is 5.73 Å². The van der Waals surface area contributed by atoms with E-state index in [0.29, 0.717) is 12.5 Å². The predicted octanol–water partition coefficient (Wildman–Crippen LogP) is 3.52. The van der Waals surface area contributed by atoms with Crippen molar-refractivity contribution in [3.05, 3.63) is 65.9 Å². The van der Waals surface area contributed by atoms with Crippen LogP contribution in [0.25, 0.3) is 16.9 Å². The third-order valence-electron chi connectivity index (χ3n) is 3.78. The van der Waals surface area contributed by atoms with E-state index in [-0.39, 0.29) is 0 Å². The number of rotatable bonds is 4. The third-order valence-corrected chi connectivity index (χ3v) is 3.78. The second-order valence-corrected chi connectivity index (χ2v) is 5.61. The van der Waals surface area contributed by atoms with Gasteiger partial charge in [0.05, 0.1) is 11.4 Å². The Kier molecular flexibility index (Phi) is 4.02. The fourth-order valence-electron chi connectivity index (χ4n) is 2.52. The maximum Gasteiger partial charge on any atom is 0.105 e. The monoisotopic (exact) mass is 292 g/mol. The van der Waals surface area contributed by atoms with E-state index in [0.717, 1.165) is 22.6 Å². The lowest BCUT2D eigenvalue weighted by Crippen LogP contribution is -2.02. The molecule has 2 N–H and O–H groups in total. The molecule has 112 valence electrons. The Morgan fingerprint density at radius 2 is 1.68 bits per heavy atom. The number of hydrogen-bond donors (Lipinski definition) is 1. The molecule has 0 spiro atoms. The lowest BCUT2D eigenvalue weighted by molar-refractivity contribution is 0.797. The first-order chi connectivity index (χ1) is 10.7. The Bertz CT molecular complexity index is 743. The number of benzene rings is 2. The van der Waals surface area contributed by atoms with Crippen molar-refractivity contribution >= 4 is 0 Å². The second kappa shape index (κ2) is 6.12. The standard InChI is InChI=1S/C18H20N4/c1-13(2)14-8-10-16(11-9-14)22-18(17(12-19)20-21-22)15-6-4-3-5-7-15/h3-11,13H,12,19H2,1-2H3. The first kappa shape index (κ1) is 14.5. The maximum absolute atomic E-state index is 5.83. The summed E-state index contributed by atoms with van der Waals surface area (Å²) in [6.07, 6.45) is 0. The average molecular weight is 292 g/mol. The molecule has 1 heterocycles. The summed E-state index contributed by atoms with van der Waals surface area (Å²) < 4.78 is 1.86. The summed E-state index contributed by atoms with van der Waals surface area (Å²) in [5.74, 6) is 0.512. The molecule has 0 saturated heterocycles. The summed E-state index contributed by atoms with van der Waals surface area (Å²) in [6.45, 7) is 4.74. The Morgan fingerprint density at radius 3 is 2.27 bits per heavy atom. The van der Waals surface area contributed by atoms with Crippen LogP contribution in [0.3, 0.4) is 0 Å². The normalized spacial score (nSPS) is 11.1. The van der Waals surface area contributed by atoms with E-state index in [1.165, 1.54) is 5.56 Å². The molecular weight excluding hydrogens is 272 g/mol. The minimum Gasteiger partial charge on any atom is -0.325 e. The lowest BCUT2D eigenvalue weighted by atomic mass is 10.0. The molecule has 3 rings (SSSR count). The highest BCUT2D eigenvalue weighted by molar-refractivity contribution is 5.64. The van der Waals surface area contributed by atoms with Crippen molar-refractivity contribution in [2.24, 2.45) is 5.73 Å². The zero-order valence-corrected chi connectivity index (χ0v) is 12.9. The molecule has 0 radical (unpaired) electrons. The van der Waals surface area contributed by atoms with Crippen LogP contribution >= 0.6 is 0 Å². The molecule has 4 nitrogen and oxygen atoms in total. The topological polar surface area (TPSA) is 56.7 Å². The summed E-state index contributed by atoms with van der Waals surface area (Å²) in [5, 5.41) is 8.53. The van der Waals surface area contributed by atoms with E-state index in [2.05, 4.69) is 60.6 Å². The van der Waals surface area contributed by atoms with Gasteiger partial charge in [-0.05, 0) is 23.6 Å². The molecular formula is C18H20N4. The summed E-state index contributed by atoms with van der Waals surface area (Å²) >= 11 is 0. The first-order valence-electron chi connectivity index (χ1n) is 7.51. The number of hydrogen-bond acceptors (Lipinski definition) is 3. The van der Waals surface area contributed by atoms with Crippen LogP contribution in [0, 0.1) is 0 Å². The zero-order valence-electron chi connectivity index (χ0n) is 12.9. The van der Waals surface area contributed by atoms with Gasteiger partial charge in [0.1, 0.15) is 5.69 Å². The smallest absolute Gasteiger partial charge is 0.105 e. The minimum atomic E-state index is 0.369. The second-order valence-electron chi connectivity index (χ2n) is 5.61. The van der Waals surface area contributed by atoms with Crippen LogP contribution in [0.4, 0.5) is 0 Å². The van der Waals surface area contributed by atoms with Gasteiger partial charge in [-0.15, -0.1) is 5.10 Å². The van der Waals surface area contributed by atoms with Gasteiger partial charge in [-0.25, -0.2) is 4.68 Å². The summed E-state index contributed by atoms with van der Waals surface area (Å²) in [4.78, 5) is 0. The third kappa shape index (κ3) is 2.65. The van der Waals surface area contributed by atoms with Crippen LogP contribution in [0.2, 0.25) is 0 Å². The molecule has 0 saturated carbocycles. The zero-order chi connectivity index (χ0) is 15.5. The van der Waals surface area contributed by atoms with Crippen molar-refractivity contribution in [3.8, 4) is 16.9 Å². The fourth-order valence-corrected chi connectivity index (χ4v) is 2.52. The van der Waals surface area contributed by atoms with Crippen molar-refractivity contribution in [2.75, 3.05) is 0 Å². The molecule has 0 amide bonds. The van der Waals surface area contributed by atoms with Gasteiger partial charge in [0.2, 0.25) is 0 Å². The van der Waals surface area contributed by atoms with Gasteiger partial charge in [-0.3, -0.25) is 0 Å². The largest absolute Gasteiger partial charge is 0.325 e. The van der Waals surface area contributed by atoms with Gasteiger partial charge in [0.25, 0.3) is 0 Å². The highest BCUT2D eigenvalue weighted by Crippen LogP contribution is 2.25. The summed E-state index contributed by atoms with van der Waals surface area (Å²) in [6, 6.07) is 18.6. The van der Waals surface area contributed by atoms with Gasteiger partial charge < -0.3 is 5.73 Å². The lowest BCUT2D eigenvalue weighted by Gasteiger charge is -2.10. The van der Waals surface area contributed by atoms with Gasteiger partial charge in [-0.1, -0.05) is 61.5 Å². The van der Waals surface area contributed by atoms with E-state index in [1.54, 1.807) is 0 Å². The first-order valence-corrected chi connectivity index (χ1v) is 7.51. The highest BCUT2D eigenvalue weighted by atomic mass is 15.4. The van der Waals surface area contributed by atoms with Crippen molar-refractivity contribution in [1.82, 2.24) is 15.0 Å². The summed E-state index contributed by atoms with van der Waals surface area (Å²) in [5.41, 5.74) is 11.0. The van der Waals surface area contributed by atoms with Crippen molar-refractivity contribution in [3.63, 3.8) is 0 Å². The molecule has 3 aromatic rings. The molecule has 0 unspecified atom stereocenters. The number of aromatic nitrogens is 3. The van der Waals surface area contributed by atoms with Crippen molar-refractivity contribution in [2.45, 2.75) is 26.3 Å². The molecule has 0 aliphatic carbocycles. The molecule has 0 fully saturated rings. The molecule has 0 atom stereocenters. The van der Waals surface area contributed by atoms with E-state index < -0.39 is 0 Å². The fraction of sp³-hybridized carbons (Fsp3) is 0.222. The predicted molar refractivity (Wildman–Crippen MR) is 88.8 cm³/mol. The Hall–Kier alpha value is -2.46. The molecule has 1 aromatic heterocycles. The molecule has 22 heavy (non-hydrogen) atoms. The molecule has 2 aromatic carbocycles. The van der Waals surface area contributed by atoms with Crippen LogP contribution in [0.5, 0.6) is 0 Å². The van der Waals surface area contributed by atoms with Crippen molar-refractivity contribution in [1.29, 1.82) is 0 Å². The summed E-state index contributed by atoms with van der Waals surface area (Å²) in [7, 11) is 0. The van der Waals surface area contributed by atoms with Gasteiger partial charge in [0.15, 0.2) is 0 Å². The van der Waals surface area contributed by atoms with Gasteiger partial charge >= 0.3 is 0 Å². The Morgan fingerprint density at radius 1 is 1.00 bits per heavy atom. The Balaban J connectivity index is 2.10. The van der Waals surface area contributed by atoms with E-state index in [4.69, 9.17) is 5.73 Å². The highest BCUT2D eigenvalue weighted by Gasteiger charge is 2.15. The molecule has 4 heteroatoms. The maximum atomic E-state index is 5.83. The minimum absolute atomic E-state index is 0.369. The average Bonchev–Trinajstić information content (AvgIpc) is 2.99. The van der Waals surface area contributed by atoms with E-state index >= 15 is 0 Å². The van der Waals surface area contributed by atoms with Gasteiger partial charge in [0, 0.05) is 12.1 Å². The van der Waals surface area contributed by atoms with Crippen LogP contribution in [0.15, 0.2) is 54.6 Å². The quantitative estimate of drug-likeness (QED) is 0.800. The van der Waals surface area contributed by atoms with E-state index in [1.807, 2.05) is 22.9 Å². The van der Waals surface area contributed by atoms with Crippen LogP contribution in [0.1, 0.15) is 31.0 Å².